The minimum Gasteiger partial charge on any atom is -0.495 e. The van der Waals surface area contributed by atoms with Gasteiger partial charge in [-0.3, -0.25) is 4.72 Å². The summed E-state index contributed by atoms with van der Waals surface area (Å²) >= 11 is 0. The van der Waals surface area contributed by atoms with Crippen LogP contribution >= 0.6 is 0 Å². The summed E-state index contributed by atoms with van der Waals surface area (Å²) in [7, 11) is -1.76. The van der Waals surface area contributed by atoms with Gasteiger partial charge in [0.15, 0.2) is 0 Å². The number of piperidine rings is 1. The molecule has 1 aliphatic heterocycles. The number of anilines is 2. The molecule has 0 amide bonds. The predicted molar refractivity (Wildman–Crippen MR) is 86.8 cm³/mol. The molecule has 0 radical (unpaired) electrons. The fraction of sp³-hybridized carbons (Fsp3) is 0.600. The molecule has 1 aromatic rings. The smallest absolute Gasteiger partial charge is 0.232 e. The first-order chi connectivity index (χ1) is 10.1. The minimum atomic E-state index is -3.31. The molecule has 1 fully saturated rings. The average molecular weight is 312 g/mol. The van der Waals surface area contributed by atoms with Crippen LogP contribution in [0.5, 0.6) is 5.75 Å². The summed E-state index contributed by atoms with van der Waals surface area (Å²) in [5.74, 6) is 0.667. The molecule has 5 nitrogen and oxygen atoms in total. The zero-order chi connectivity index (χ0) is 15.3. The molecule has 0 unspecified atom stereocenters. The van der Waals surface area contributed by atoms with Crippen molar-refractivity contribution in [1.29, 1.82) is 0 Å². The van der Waals surface area contributed by atoms with Crippen LogP contribution in [0, 0.1) is 0 Å². The lowest BCUT2D eigenvalue weighted by atomic mass is 10.1. The van der Waals surface area contributed by atoms with Crippen molar-refractivity contribution in [2.75, 3.05) is 35.6 Å². The molecule has 0 aliphatic carbocycles. The fourth-order valence-corrected chi connectivity index (χ4v) is 3.75. The van der Waals surface area contributed by atoms with Crippen molar-refractivity contribution in [3.05, 3.63) is 18.2 Å². The first kappa shape index (κ1) is 15.9. The van der Waals surface area contributed by atoms with Crippen LogP contribution < -0.4 is 14.4 Å². The molecule has 0 spiro atoms. The van der Waals surface area contributed by atoms with Crippen molar-refractivity contribution in [1.82, 2.24) is 0 Å². The molecule has 21 heavy (non-hydrogen) atoms. The summed E-state index contributed by atoms with van der Waals surface area (Å²) in [6, 6.07) is 5.69. The van der Waals surface area contributed by atoms with Gasteiger partial charge in [0.2, 0.25) is 10.0 Å². The molecular weight excluding hydrogens is 288 g/mol. The number of benzene rings is 1. The second-order valence-corrected chi connectivity index (χ2v) is 7.20. The van der Waals surface area contributed by atoms with Crippen LogP contribution in [-0.4, -0.2) is 34.4 Å². The van der Waals surface area contributed by atoms with E-state index in [1.54, 1.807) is 7.11 Å². The van der Waals surface area contributed by atoms with Crippen LogP contribution in [0.2, 0.25) is 0 Å². The summed E-state index contributed by atoms with van der Waals surface area (Å²) in [6.45, 7) is 3.89. The van der Waals surface area contributed by atoms with E-state index in [1.807, 2.05) is 25.1 Å². The van der Waals surface area contributed by atoms with Gasteiger partial charge in [-0.05, 0) is 43.9 Å². The third kappa shape index (κ3) is 4.27. The highest BCUT2D eigenvalue weighted by Gasteiger charge is 2.16. The van der Waals surface area contributed by atoms with Crippen molar-refractivity contribution in [2.24, 2.45) is 0 Å². The van der Waals surface area contributed by atoms with E-state index in [1.165, 1.54) is 19.3 Å². The van der Waals surface area contributed by atoms with Gasteiger partial charge in [0.25, 0.3) is 0 Å². The summed E-state index contributed by atoms with van der Waals surface area (Å²) in [6.07, 6.45) is 4.22. The second kappa shape index (κ2) is 7.02. The average Bonchev–Trinajstić information content (AvgIpc) is 2.47. The fourth-order valence-electron chi connectivity index (χ4n) is 2.61. The maximum Gasteiger partial charge on any atom is 0.232 e. The number of nitrogens with zero attached hydrogens (tertiary/aromatic N) is 1. The zero-order valence-electron chi connectivity index (χ0n) is 12.8. The van der Waals surface area contributed by atoms with Crippen molar-refractivity contribution in [3.8, 4) is 5.75 Å². The lowest BCUT2D eigenvalue weighted by molar-refractivity contribution is 0.417. The van der Waals surface area contributed by atoms with E-state index in [4.69, 9.17) is 4.74 Å². The van der Waals surface area contributed by atoms with Gasteiger partial charge in [-0.25, -0.2) is 8.42 Å². The third-order valence-electron chi connectivity index (χ3n) is 3.64. The zero-order valence-corrected chi connectivity index (χ0v) is 13.6. The number of hydrogen-bond donors (Lipinski definition) is 1. The lowest BCUT2D eigenvalue weighted by Gasteiger charge is -2.29. The van der Waals surface area contributed by atoms with Crippen molar-refractivity contribution >= 4 is 21.4 Å². The van der Waals surface area contributed by atoms with Crippen LogP contribution in [0.25, 0.3) is 0 Å². The molecule has 1 saturated heterocycles. The Kier molecular flexibility index (Phi) is 5.33. The molecule has 1 aromatic carbocycles. The third-order valence-corrected chi connectivity index (χ3v) is 5.12. The van der Waals surface area contributed by atoms with Gasteiger partial charge in [0, 0.05) is 18.8 Å². The van der Waals surface area contributed by atoms with Gasteiger partial charge in [-0.15, -0.1) is 0 Å². The van der Waals surface area contributed by atoms with Crippen LogP contribution in [0.3, 0.4) is 0 Å². The molecule has 2 rings (SSSR count). The summed E-state index contributed by atoms with van der Waals surface area (Å²) in [5, 5.41) is 0. The van der Waals surface area contributed by atoms with Gasteiger partial charge in [0.1, 0.15) is 5.75 Å². The quantitative estimate of drug-likeness (QED) is 0.877. The SMILES string of the molecule is CCCS(=O)(=O)Nc1cc(N2CCCCC2)ccc1OC. The minimum absolute atomic E-state index is 0.115. The number of ether oxygens (including phenoxy) is 1. The molecular formula is C15H24N2O3S. The van der Waals surface area contributed by atoms with Crippen LogP contribution in [0.1, 0.15) is 32.6 Å². The van der Waals surface area contributed by atoms with E-state index < -0.39 is 10.0 Å². The Balaban J connectivity index is 2.25. The molecule has 1 heterocycles. The molecule has 118 valence electrons. The number of rotatable bonds is 6. The molecule has 1 N–H and O–H groups in total. The Labute approximate surface area is 127 Å². The Morgan fingerprint density at radius 1 is 1.24 bits per heavy atom. The van der Waals surface area contributed by atoms with E-state index >= 15 is 0 Å². The van der Waals surface area contributed by atoms with E-state index in [0.717, 1.165) is 18.8 Å². The highest BCUT2D eigenvalue weighted by molar-refractivity contribution is 7.92. The van der Waals surface area contributed by atoms with E-state index in [0.29, 0.717) is 17.9 Å². The largest absolute Gasteiger partial charge is 0.495 e. The lowest BCUT2D eigenvalue weighted by Crippen LogP contribution is -2.29. The molecule has 0 bridgehead atoms. The highest BCUT2D eigenvalue weighted by Crippen LogP contribution is 2.31. The Morgan fingerprint density at radius 2 is 1.95 bits per heavy atom. The first-order valence-corrected chi connectivity index (χ1v) is 9.14. The standard InChI is InChI=1S/C15H24N2O3S/c1-3-11-21(18,19)16-14-12-13(7-8-15(14)20-2)17-9-5-4-6-10-17/h7-8,12,16H,3-6,9-11H2,1-2H3. The summed E-state index contributed by atoms with van der Waals surface area (Å²) in [5.41, 5.74) is 1.57. The maximum atomic E-state index is 12.0. The van der Waals surface area contributed by atoms with E-state index in [2.05, 4.69) is 9.62 Å². The maximum absolute atomic E-state index is 12.0. The monoisotopic (exact) mass is 312 g/mol. The summed E-state index contributed by atoms with van der Waals surface area (Å²) < 4.78 is 31.9. The van der Waals surface area contributed by atoms with Gasteiger partial charge in [0.05, 0.1) is 18.6 Å². The second-order valence-electron chi connectivity index (χ2n) is 5.35. The van der Waals surface area contributed by atoms with Gasteiger partial charge >= 0.3 is 0 Å². The van der Waals surface area contributed by atoms with Crippen molar-refractivity contribution < 1.29 is 13.2 Å². The molecule has 0 aromatic heterocycles. The number of methoxy groups -OCH3 is 1. The predicted octanol–water partition coefficient (Wildman–Crippen LogP) is 2.84. The van der Waals surface area contributed by atoms with Crippen LogP contribution in [-0.2, 0) is 10.0 Å². The number of hydrogen-bond acceptors (Lipinski definition) is 4. The Hall–Kier alpha value is -1.43. The Bertz CT molecular complexity index is 566. The van der Waals surface area contributed by atoms with E-state index in [9.17, 15) is 8.42 Å². The van der Waals surface area contributed by atoms with Crippen molar-refractivity contribution in [3.63, 3.8) is 0 Å². The topological polar surface area (TPSA) is 58.6 Å². The van der Waals surface area contributed by atoms with Gasteiger partial charge in [-0.1, -0.05) is 6.92 Å². The van der Waals surface area contributed by atoms with Crippen LogP contribution in [0.4, 0.5) is 11.4 Å². The highest BCUT2D eigenvalue weighted by atomic mass is 32.2. The summed E-state index contributed by atoms with van der Waals surface area (Å²) in [4.78, 5) is 2.29. The first-order valence-electron chi connectivity index (χ1n) is 7.49. The number of nitrogens with one attached hydrogen (secondary N) is 1. The van der Waals surface area contributed by atoms with E-state index in [-0.39, 0.29) is 5.75 Å². The molecule has 1 aliphatic rings. The van der Waals surface area contributed by atoms with Gasteiger partial charge in [-0.2, -0.15) is 0 Å². The van der Waals surface area contributed by atoms with Crippen LogP contribution in [0.15, 0.2) is 18.2 Å². The normalized spacial score (nSPS) is 15.8. The Morgan fingerprint density at radius 3 is 2.57 bits per heavy atom. The molecule has 6 heteroatoms. The van der Waals surface area contributed by atoms with Crippen molar-refractivity contribution in [2.45, 2.75) is 32.6 Å². The molecule has 0 atom stereocenters. The number of sulfonamides is 1. The van der Waals surface area contributed by atoms with Gasteiger partial charge < -0.3 is 9.64 Å². The molecule has 0 saturated carbocycles.